The van der Waals surface area contributed by atoms with E-state index in [1.165, 1.54) is 11.1 Å². The second kappa shape index (κ2) is 18.3. The predicted octanol–water partition coefficient (Wildman–Crippen LogP) is 16.8. The van der Waals surface area contributed by atoms with Crippen LogP contribution >= 0.6 is 0 Å². The summed E-state index contributed by atoms with van der Waals surface area (Å²) in [4.78, 5) is 14.1. The van der Waals surface area contributed by atoms with Crippen molar-refractivity contribution < 1.29 is 21.1 Å². The molecule has 6 nitrogen and oxygen atoms in total. The third kappa shape index (κ3) is 8.46. The second-order valence-electron chi connectivity index (χ2n) is 19.8. The number of hydrogen-bond acceptors (Lipinski definition) is 6. The summed E-state index contributed by atoms with van der Waals surface area (Å²) >= 11 is 0. The fraction of sp³-hybridized carbons (Fsp3) is 0.127. The van der Waals surface area contributed by atoms with Crippen LogP contribution in [-0.4, -0.2) is 4.98 Å². The van der Waals surface area contributed by atoms with E-state index < -0.39 is 0 Å². The van der Waals surface area contributed by atoms with Gasteiger partial charge in [0.15, 0.2) is 0 Å². The van der Waals surface area contributed by atoms with Crippen molar-refractivity contribution in [1.82, 2.24) is 4.98 Å². The van der Waals surface area contributed by atoms with Gasteiger partial charge in [-0.05, 0) is 99.8 Å². The number of aromatic nitrogens is 1. The molecule has 3 heterocycles. The summed E-state index contributed by atoms with van der Waals surface area (Å²) in [5.74, 6) is 0.782. The molecule has 8 aromatic carbocycles. The zero-order valence-electron chi connectivity index (χ0n) is 40.1. The number of benzene rings is 8. The van der Waals surface area contributed by atoms with Crippen LogP contribution < -0.4 is 19.6 Å². The third-order valence-electron chi connectivity index (χ3n) is 13.2. The summed E-state index contributed by atoms with van der Waals surface area (Å²) in [5, 5.41) is 10.1. The number of hydrogen-bond donors (Lipinski definition) is 0. The second-order valence-corrected chi connectivity index (χ2v) is 19.8. The summed E-state index contributed by atoms with van der Waals surface area (Å²) in [7, 11) is 0. The van der Waals surface area contributed by atoms with Crippen molar-refractivity contribution in [2.24, 2.45) is 0 Å². The van der Waals surface area contributed by atoms with Crippen LogP contribution in [0, 0.1) is 30.1 Å². The van der Waals surface area contributed by atoms with Crippen LogP contribution in [0.1, 0.15) is 58.2 Å². The van der Waals surface area contributed by atoms with Gasteiger partial charge in [0, 0.05) is 55.6 Å². The molecular formula is C63H51N6Pt-3. The number of rotatable bonds is 7. The first-order valence-electron chi connectivity index (χ1n) is 23.5. The molecule has 0 aliphatic carbocycles. The van der Waals surface area contributed by atoms with Crippen LogP contribution in [-0.2, 0) is 31.9 Å². The van der Waals surface area contributed by atoms with Crippen molar-refractivity contribution in [1.29, 1.82) is 5.26 Å². The minimum absolute atomic E-state index is 0. The Labute approximate surface area is 427 Å². The molecule has 346 valence electrons. The number of nitriles is 1. The average Bonchev–Trinajstić information content (AvgIpc) is 3.71. The van der Waals surface area contributed by atoms with Gasteiger partial charge in [-0.3, -0.25) is 0 Å². The molecule has 0 saturated heterocycles. The minimum atomic E-state index is -0.121. The quantitative estimate of drug-likeness (QED) is 0.148. The zero-order valence-corrected chi connectivity index (χ0v) is 42.3. The predicted molar refractivity (Wildman–Crippen MR) is 285 cm³/mol. The average molecular weight is 1090 g/mol. The Morgan fingerprint density at radius 2 is 1.19 bits per heavy atom. The molecule has 2 aliphatic rings. The van der Waals surface area contributed by atoms with E-state index in [-0.39, 0.29) is 31.9 Å². The Bertz CT molecular complexity index is 3440. The first-order chi connectivity index (χ1) is 33.4. The Balaban J connectivity index is 0.00000567. The van der Waals surface area contributed by atoms with E-state index in [9.17, 15) is 5.26 Å². The number of fused-ring (bicyclic) bond motifs is 6. The monoisotopic (exact) mass is 1090 g/mol. The zero-order chi connectivity index (χ0) is 47.4. The summed E-state index contributed by atoms with van der Waals surface area (Å²) in [6.45, 7) is 15.7. The number of para-hydroxylation sites is 4. The van der Waals surface area contributed by atoms with Crippen LogP contribution in [0.5, 0.6) is 0 Å². The molecule has 70 heavy (non-hydrogen) atoms. The molecule has 0 amide bonds. The Morgan fingerprint density at radius 1 is 0.529 bits per heavy atom. The topological polar surface area (TPSA) is 49.6 Å². The van der Waals surface area contributed by atoms with Crippen molar-refractivity contribution in [3.05, 3.63) is 230 Å². The molecule has 0 unspecified atom stereocenters. The van der Waals surface area contributed by atoms with Crippen LogP contribution in [0.3, 0.4) is 0 Å². The van der Waals surface area contributed by atoms with E-state index in [0.29, 0.717) is 5.56 Å². The van der Waals surface area contributed by atoms with Gasteiger partial charge in [-0.25, -0.2) is 4.98 Å². The van der Waals surface area contributed by atoms with E-state index in [1.807, 2.05) is 18.3 Å². The molecular weight excluding hydrogens is 1040 g/mol. The fourth-order valence-corrected chi connectivity index (χ4v) is 9.53. The molecule has 0 atom stereocenters. The van der Waals surface area contributed by atoms with Gasteiger partial charge in [0.05, 0.1) is 17.3 Å². The third-order valence-corrected chi connectivity index (χ3v) is 13.2. The maximum Gasteiger partial charge on any atom is 0.135 e. The van der Waals surface area contributed by atoms with Crippen molar-refractivity contribution in [2.45, 2.75) is 52.4 Å². The van der Waals surface area contributed by atoms with Gasteiger partial charge >= 0.3 is 0 Å². The van der Waals surface area contributed by atoms with E-state index in [1.54, 1.807) is 0 Å². The van der Waals surface area contributed by atoms with Crippen molar-refractivity contribution in [3.63, 3.8) is 0 Å². The summed E-state index contributed by atoms with van der Waals surface area (Å²) in [6.07, 6.45) is 1.91. The van der Waals surface area contributed by atoms with Gasteiger partial charge in [-0.2, -0.15) is 11.3 Å². The molecule has 9 aromatic rings. The van der Waals surface area contributed by atoms with E-state index in [2.05, 4.69) is 262 Å². The SMILES string of the molecule is CC(C)(C)c1cccc(N2[CH-]N(c3[c-]c(N(c4[c-]c5c(cc4)-c4ccc(C#N)cc4-c4ccccc4N5c4cc(C(C)(C)C)ccn4)c4ccccc4)cc(-c4ccccc4)c3)c3ccccc32)c1.[Pt]. The largest absolute Gasteiger partial charge is 0.493 e. The summed E-state index contributed by atoms with van der Waals surface area (Å²) in [5.41, 5.74) is 17.6. The van der Waals surface area contributed by atoms with Crippen molar-refractivity contribution >= 4 is 57.0 Å². The van der Waals surface area contributed by atoms with Gasteiger partial charge in [0.2, 0.25) is 0 Å². The van der Waals surface area contributed by atoms with E-state index in [4.69, 9.17) is 4.98 Å². The molecule has 0 saturated carbocycles. The van der Waals surface area contributed by atoms with Crippen LogP contribution in [0.15, 0.2) is 194 Å². The normalized spacial score (nSPS) is 12.7. The van der Waals surface area contributed by atoms with Crippen LogP contribution in [0.2, 0.25) is 0 Å². The number of anilines is 10. The van der Waals surface area contributed by atoms with Crippen molar-refractivity contribution in [2.75, 3.05) is 19.6 Å². The Morgan fingerprint density at radius 3 is 1.91 bits per heavy atom. The number of pyridine rings is 1. The Kier molecular flexibility index (Phi) is 12.0. The van der Waals surface area contributed by atoms with Crippen LogP contribution in [0.25, 0.3) is 33.4 Å². The summed E-state index contributed by atoms with van der Waals surface area (Å²) < 4.78 is 0. The standard InChI is InChI=1S/C63H51N6.Pt/c1-62(2,3)46-20-17-23-49(37-46)66-42-67(59-27-16-15-26-58(59)66)51-35-45(44-18-9-7-10-19-44)36-52(39-51)68(48-21-11-8-12-22-48)50-29-31-55-53-30-28-43(41-64)34-56(53)54-24-13-14-25-57(54)69(60(55)40-50)61-38-47(32-33-65-61)63(4,5)6;/h7-38,42H,1-6H3;/q-3;. The molecule has 0 bridgehead atoms. The summed E-state index contributed by atoms with van der Waals surface area (Å²) in [6, 6.07) is 76.4. The van der Waals surface area contributed by atoms with E-state index >= 15 is 0 Å². The molecule has 0 fully saturated rings. The van der Waals surface area contributed by atoms with Gasteiger partial charge < -0.3 is 19.6 Å². The van der Waals surface area contributed by atoms with Gasteiger partial charge in [-0.15, -0.1) is 53.8 Å². The smallest absolute Gasteiger partial charge is 0.135 e. The molecule has 11 rings (SSSR count). The fourth-order valence-electron chi connectivity index (χ4n) is 9.53. The maximum atomic E-state index is 10.1. The number of nitrogens with zero attached hydrogens (tertiary/aromatic N) is 6. The molecule has 2 aliphatic heterocycles. The first-order valence-corrected chi connectivity index (χ1v) is 23.5. The minimum Gasteiger partial charge on any atom is -0.493 e. The maximum absolute atomic E-state index is 10.1. The molecule has 7 heteroatoms. The van der Waals surface area contributed by atoms with E-state index in [0.717, 1.165) is 90.4 Å². The Hall–Kier alpha value is -7.71. The molecule has 1 aromatic heterocycles. The van der Waals surface area contributed by atoms with Gasteiger partial charge in [0.25, 0.3) is 0 Å². The molecule has 0 spiro atoms. The van der Waals surface area contributed by atoms with Crippen LogP contribution in [0.4, 0.5) is 57.0 Å². The van der Waals surface area contributed by atoms with Gasteiger partial charge in [-0.1, -0.05) is 161 Å². The van der Waals surface area contributed by atoms with Gasteiger partial charge in [0.1, 0.15) is 5.82 Å². The van der Waals surface area contributed by atoms with Crippen molar-refractivity contribution in [3.8, 4) is 39.4 Å². The first kappa shape index (κ1) is 46.0. The molecule has 0 radical (unpaired) electrons. The molecule has 0 N–H and O–H groups in total.